The van der Waals surface area contributed by atoms with Gasteiger partial charge in [-0.3, -0.25) is 0 Å². The summed E-state index contributed by atoms with van der Waals surface area (Å²) in [4.78, 5) is 25.4. The molecule has 0 radical (unpaired) electrons. The Morgan fingerprint density at radius 1 is 0.885 bits per heavy atom. The third-order valence-corrected chi connectivity index (χ3v) is 4.81. The molecule has 0 saturated heterocycles. The fraction of sp³-hybridized carbons (Fsp3) is 0.368. The Kier molecular flexibility index (Phi) is 6.47. The Morgan fingerprint density at radius 2 is 1.31 bits per heavy atom. The molecule has 0 aliphatic heterocycles. The molecule has 0 fully saturated rings. The molecule has 2 aliphatic carbocycles. The maximum Gasteiger partial charge on any atom is 0.342 e. The van der Waals surface area contributed by atoms with Crippen LogP contribution in [0.25, 0.3) is 11.1 Å². The van der Waals surface area contributed by atoms with Crippen LogP contribution in [0.1, 0.15) is 34.6 Å². The van der Waals surface area contributed by atoms with Gasteiger partial charge in [0.05, 0.1) is 13.2 Å². The molecule has 0 bridgehead atoms. The van der Waals surface area contributed by atoms with Crippen LogP contribution in [0.5, 0.6) is 5.75 Å². The van der Waals surface area contributed by atoms with Crippen molar-refractivity contribution in [2.24, 2.45) is 0 Å². The van der Waals surface area contributed by atoms with Gasteiger partial charge in [0.25, 0.3) is 0 Å². The minimum Gasteiger partial charge on any atom is -0.543 e. The predicted octanol–water partition coefficient (Wildman–Crippen LogP) is 5.12. The van der Waals surface area contributed by atoms with Gasteiger partial charge in [0, 0.05) is 15.6 Å². The minimum absolute atomic E-state index is 0.231. The van der Waals surface area contributed by atoms with Crippen molar-refractivity contribution in [3.8, 4) is 16.9 Å². The summed E-state index contributed by atoms with van der Waals surface area (Å²) in [7, 11) is -2.12. The van der Waals surface area contributed by atoms with Gasteiger partial charge in [0.15, 0.2) is 0 Å². The first-order chi connectivity index (χ1) is 12.2. The van der Waals surface area contributed by atoms with E-state index in [9.17, 15) is 9.59 Å². The molecular formula is C19H23BrO5Si. The van der Waals surface area contributed by atoms with Gasteiger partial charge in [-0.1, -0.05) is 28.1 Å². The molecule has 2 rings (SSSR count). The van der Waals surface area contributed by atoms with Crippen molar-refractivity contribution in [3.63, 3.8) is 0 Å². The second-order valence-corrected chi connectivity index (χ2v) is 12.0. The quantitative estimate of drug-likeness (QED) is 0.462. The number of halogens is 1. The molecule has 0 aromatic heterocycles. The molecule has 0 atom stereocenters. The Labute approximate surface area is 163 Å². The summed E-state index contributed by atoms with van der Waals surface area (Å²) in [6.07, 6.45) is 0. The van der Waals surface area contributed by atoms with Gasteiger partial charge >= 0.3 is 11.9 Å². The van der Waals surface area contributed by atoms with Crippen molar-refractivity contribution in [2.45, 2.75) is 33.5 Å². The molecule has 0 aromatic carbocycles. The second kappa shape index (κ2) is 8.22. The van der Waals surface area contributed by atoms with Crippen LogP contribution < -0.4 is 4.43 Å². The highest BCUT2D eigenvalue weighted by Gasteiger charge is 2.35. The highest BCUT2D eigenvalue weighted by Crippen LogP contribution is 2.44. The fourth-order valence-corrected chi connectivity index (χ4v) is 3.67. The van der Waals surface area contributed by atoms with Crippen molar-refractivity contribution in [1.82, 2.24) is 0 Å². The van der Waals surface area contributed by atoms with Crippen LogP contribution in [-0.2, 0) is 9.47 Å². The third kappa shape index (κ3) is 4.45. The lowest BCUT2D eigenvalue weighted by Gasteiger charge is -2.20. The number of esters is 2. The lowest BCUT2D eigenvalue weighted by molar-refractivity contribution is 0.0525. The van der Waals surface area contributed by atoms with Crippen LogP contribution in [0.15, 0.2) is 28.7 Å². The molecule has 0 spiro atoms. The van der Waals surface area contributed by atoms with Crippen LogP contribution in [0.3, 0.4) is 0 Å². The summed E-state index contributed by atoms with van der Waals surface area (Å²) >= 11 is 3.42. The van der Waals surface area contributed by atoms with Crippen LogP contribution in [0, 0.1) is 0 Å². The normalized spacial score (nSPS) is 11.3. The van der Waals surface area contributed by atoms with Crippen LogP contribution >= 0.6 is 15.9 Å². The van der Waals surface area contributed by atoms with Crippen molar-refractivity contribution in [1.29, 1.82) is 0 Å². The summed E-state index contributed by atoms with van der Waals surface area (Å²) in [5.41, 5.74) is 1.75. The van der Waals surface area contributed by atoms with Crippen LogP contribution in [-0.4, -0.2) is 33.5 Å². The summed E-state index contributed by atoms with van der Waals surface area (Å²) in [5.74, 6) is -0.759. The maximum absolute atomic E-state index is 12.7. The number of rotatable bonds is 6. The van der Waals surface area contributed by atoms with E-state index < -0.39 is 20.3 Å². The molecule has 0 unspecified atom stereocenters. The van der Waals surface area contributed by atoms with Crippen molar-refractivity contribution in [3.05, 3.63) is 39.9 Å². The Hall–Kier alpha value is -1.86. The molecule has 2 aliphatic rings. The Balaban J connectivity index is 2.85. The lowest BCUT2D eigenvalue weighted by Crippen LogP contribution is -2.30. The van der Waals surface area contributed by atoms with E-state index in [1.165, 1.54) is 0 Å². The largest absolute Gasteiger partial charge is 0.543 e. The van der Waals surface area contributed by atoms with Gasteiger partial charge < -0.3 is 13.9 Å². The number of carbonyl (C=O) groups is 2. The molecule has 140 valence electrons. The molecule has 0 aromatic rings. The summed E-state index contributed by atoms with van der Waals surface area (Å²) in [5, 5.41) is 0. The second-order valence-electron chi connectivity index (χ2n) is 6.61. The topological polar surface area (TPSA) is 61.8 Å². The van der Waals surface area contributed by atoms with Gasteiger partial charge in [-0.05, 0) is 45.6 Å². The lowest BCUT2D eigenvalue weighted by atomic mass is 10.1. The van der Waals surface area contributed by atoms with Gasteiger partial charge in [0.2, 0.25) is 8.32 Å². The number of hydrogen-bond donors (Lipinski definition) is 0. The zero-order chi connectivity index (χ0) is 19.5. The van der Waals surface area contributed by atoms with E-state index in [2.05, 4.69) is 15.9 Å². The molecule has 0 N–H and O–H groups in total. The highest BCUT2D eigenvalue weighted by atomic mass is 79.9. The fourth-order valence-electron chi connectivity index (χ4n) is 2.59. The molecule has 26 heavy (non-hydrogen) atoms. The molecule has 5 nitrogen and oxygen atoms in total. The maximum atomic E-state index is 12.7. The monoisotopic (exact) mass is 438 g/mol. The smallest absolute Gasteiger partial charge is 0.342 e. The summed E-state index contributed by atoms with van der Waals surface area (Å²) < 4.78 is 17.5. The molecule has 7 heteroatoms. The molecular weight excluding hydrogens is 416 g/mol. The zero-order valence-corrected chi connectivity index (χ0v) is 18.2. The molecule has 0 heterocycles. The zero-order valence-electron chi connectivity index (χ0n) is 15.6. The standard InChI is InChI=1S/C19H23BrO5Si/c1-6-23-18(21)15-13-10-8-12(20)9-11-14(13)16(19(22)24-7-2)17(15)25-26(3,4)5/h8-11H,6-7H2,1-5H3. The van der Waals surface area contributed by atoms with E-state index in [0.717, 1.165) is 4.47 Å². The highest BCUT2D eigenvalue weighted by molar-refractivity contribution is 9.10. The predicted molar refractivity (Wildman–Crippen MR) is 107 cm³/mol. The Morgan fingerprint density at radius 3 is 1.65 bits per heavy atom. The van der Waals surface area contributed by atoms with Crippen molar-refractivity contribution < 1.29 is 23.5 Å². The number of hydrogen-bond acceptors (Lipinski definition) is 5. The Bertz CT molecular complexity index is 742. The number of carbonyl (C=O) groups excluding carboxylic acids is 2. The SMILES string of the molecule is CCOC(=O)c1c2ccc(Br)ccc-2c(C(=O)OCC)c1O[Si](C)(C)C. The first-order valence-corrected chi connectivity index (χ1v) is 12.7. The number of fused-ring (bicyclic) bond motifs is 1. The van der Waals surface area contributed by atoms with E-state index in [1.54, 1.807) is 26.0 Å². The van der Waals surface area contributed by atoms with E-state index in [4.69, 9.17) is 13.9 Å². The van der Waals surface area contributed by atoms with Crippen molar-refractivity contribution >= 4 is 36.2 Å². The minimum atomic E-state index is -2.12. The summed E-state index contributed by atoms with van der Waals surface area (Å²) in [6, 6.07) is 7.20. The molecule has 0 saturated carbocycles. The van der Waals surface area contributed by atoms with Crippen LogP contribution in [0.4, 0.5) is 0 Å². The third-order valence-electron chi connectivity index (χ3n) is 3.47. The van der Waals surface area contributed by atoms with E-state index >= 15 is 0 Å². The first kappa shape index (κ1) is 20.4. The summed E-state index contributed by atoms with van der Waals surface area (Å²) in [6.45, 7) is 9.92. The van der Waals surface area contributed by atoms with Gasteiger partial charge in [-0.25, -0.2) is 9.59 Å². The van der Waals surface area contributed by atoms with Gasteiger partial charge in [0.1, 0.15) is 16.9 Å². The molecule has 0 amide bonds. The van der Waals surface area contributed by atoms with Gasteiger partial charge in [-0.15, -0.1) is 0 Å². The average molecular weight is 439 g/mol. The average Bonchev–Trinajstić information content (AvgIpc) is 2.70. The first-order valence-electron chi connectivity index (χ1n) is 8.48. The van der Waals surface area contributed by atoms with E-state index in [0.29, 0.717) is 11.1 Å². The van der Waals surface area contributed by atoms with Crippen molar-refractivity contribution in [2.75, 3.05) is 13.2 Å². The number of ether oxygens (including phenoxy) is 2. The van der Waals surface area contributed by atoms with Gasteiger partial charge in [-0.2, -0.15) is 0 Å². The van der Waals surface area contributed by atoms with Crippen LogP contribution in [0.2, 0.25) is 19.6 Å². The van der Waals surface area contributed by atoms with E-state index in [-0.39, 0.29) is 30.1 Å². The van der Waals surface area contributed by atoms with E-state index in [1.807, 2.05) is 31.8 Å².